The highest BCUT2D eigenvalue weighted by molar-refractivity contribution is 7.98. The molecule has 0 aliphatic carbocycles. The minimum atomic E-state index is -3.89. The number of thioether (sulfide) groups is 1. The normalized spacial score (nSPS) is 12.9. The average Bonchev–Trinajstić information content (AvgIpc) is 2.68. The molecule has 114 valence electrons. The summed E-state index contributed by atoms with van der Waals surface area (Å²) in [4.78, 5) is 4.39. The number of rotatable bonds is 8. The summed E-state index contributed by atoms with van der Waals surface area (Å²) in [6.07, 6.45) is 0.369. The number of thiazole rings is 1. The van der Waals surface area contributed by atoms with Crippen molar-refractivity contribution in [3.8, 4) is 0 Å². The van der Waals surface area contributed by atoms with Gasteiger partial charge in [-0.25, -0.2) is 15.1 Å². The molecule has 0 radical (unpaired) electrons. The smallest absolute Gasteiger partial charge is 0.318 e. The fourth-order valence-corrected chi connectivity index (χ4v) is 3.35. The first kappa shape index (κ1) is 17.2. The number of aromatic nitrogens is 1. The van der Waals surface area contributed by atoms with Crippen LogP contribution in [-0.4, -0.2) is 44.1 Å². The number of anilines is 1. The second-order valence-corrected chi connectivity index (χ2v) is 7.23. The van der Waals surface area contributed by atoms with Crippen LogP contribution >= 0.6 is 23.1 Å². The minimum absolute atomic E-state index is 0.0215. The largest absolute Gasteiger partial charge is 0.386 e. The predicted octanol–water partition coefficient (Wildman–Crippen LogP) is 0.216. The van der Waals surface area contributed by atoms with Gasteiger partial charge in [0.05, 0.1) is 5.69 Å². The molecule has 0 aromatic carbocycles. The lowest BCUT2D eigenvalue weighted by Crippen LogP contribution is -2.19. The SMILES string of the molecule is CN(C)Nc1nc(CSCC/C(N)=N/S(N)(=O)=O)cs1. The molecule has 1 heterocycles. The van der Waals surface area contributed by atoms with Crippen LogP contribution in [0.15, 0.2) is 9.78 Å². The molecule has 0 aliphatic rings. The molecule has 0 saturated heterocycles. The molecule has 0 atom stereocenters. The van der Waals surface area contributed by atoms with Crippen LogP contribution in [0.3, 0.4) is 0 Å². The second kappa shape index (κ2) is 7.78. The Bertz CT molecular complexity index is 554. The molecular formula is C9H18N6O2S3. The summed E-state index contributed by atoms with van der Waals surface area (Å²) in [7, 11) is -0.106. The van der Waals surface area contributed by atoms with Crippen molar-refractivity contribution in [2.75, 3.05) is 25.3 Å². The Balaban J connectivity index is 2.31. The number of nitrogens with one attached hydrogen (secondary N) is 1. The van der Waals surface area contributed by atoms with E-state index in [1.807, 2.05) is 24.5 Å². The van der Waals surface area contributed by atoms with E-state index in [4.69, 9.17) is 10.9 Å². The summed E-state index contributed by atoms with van der Waals surface area (Å²) in [5, 5.41) is 9.38. The zero-order valence-corrected chi connectivity index (χ0v) is 13.7. The molecule has 1 rings (SSSR count). The van der Waals surface area contributed by atoms with Crippen molar-refractivity contribution in [3.05, 3.63) is 11.1 Å². The maximum atomic E-state index is 10.7. The van der Waals surface area contributed by atoms with Gasteiger partial charge in [-0.05, 0) is 0 Å². The van der Waals surface area contributed by atoms with Crippen LogP contribution in [0.5, 0.6) is 0 Å². The van der Waals surface area contributed by atoms with Crippen molar-refractivity contribution < 1.29 is 8.42 Å². The third-order valence-electron chi connectivity index (χ3n) is 1.87. The van der Waals surface area contributed by atoms with E-state index in [9.17, 15) is 8.42 Å². The summed E-state index contributed by atoms with van der Waals surface area (Å²) in [6, 6.07) is 0. The average molecular weight is 338 g/mol. The molecule has 1 aromatic heterocycles. The third kappa shape index (κ3) is 7.65. The predicted molar refractivity (Wildman–Crippen MR) is 84.9 cm³/mol. The van der Waals surface area contributed by atoms with E-state index < -0.39 is 10.2 Å². The molecule has 20 heavy (non-hydrogen) atoms. The Morgan fingerprint density at radius 2 is 2.30 bits per heavy atom. The number of amidine groups is 1. The second-order valence-electron chi connectivity index (χ2n) is 4.05. The minimum Gasteiger partial charge on any atom is -0.386 e. The van der Waals surface area contributed by atoms with Gasteiger partial charge in [0.2, 0.25) is 0 Å². The Morgan fingerprint density at radius 1 is 1.60 bits per heavy atom. The highest BCUT2D eigenvalue weighted by Crippen LogP contribution is 2.19. The van der Waals surface area contributed by atoms with Crippen molar-refractivity contribution in [2.45, 2.75) is 12.2 Å². The Hall–Kier alpha value is -0.880. The Kier molecular flexibility index (Phi) is 6.68. The molecule has 5 N–H and O–H groups in total. The molecule has 0 bridgehead atoms. The molecule has 11 heteroatoms. The maximum Gasteiger partial charge on any atom is 0.318 e. The highest BCUT2D eigenvalue weighted by atomic mass is 32.2. The van der Waals surface area contributed by atoms with Crippen LogP contribution in [0, 0.1) is 0 Å². The van der Waals surface area contributed by atoms with Crippen molar-refractivity contribution in [1.29, 1.82) is 0 Å². The number of hydrogen-bond acceptors (Lipinski definition) is 7. The summed E-state index contributed by atoms with van der Waals surface area (Å²) >= 11 is 3.13. The van der Waals surface area contributed by atoms with E-state index in [0.29, 0.717) is 12.2 Å². The van der Waals surface area contributed by atoms with Gasteiger partial charge in [0, 0.05) is 37.4 Å². The monoisotopic (exact) mass is 338 g/mol. The first-order valence-electron chi connectivity index (χ1n) is 5.59. The van der Waals surface area contributed by atoms with Crippen molar-refractivity contribution >= 4 is 44.3 Å². The fourth-order valence-electron chi connectivity index (χ4n) is 1.18. The molecule has 1 aromatic rings. The summed E-state index contributed by atoms with van der Waals surface area (Å²) < 4.78 is 24.5. The topological polar surface area (TPSA) is 127 Å². The zero-order valence-electron chi connectivity index (χ0n) is 11.2. The Morgan fingerprint density at radius 3 is 2.90 bits per heavy atom. The fraction of sp³-hybridized carbons (Fsp3) is 0.556. The van der Waals surface area contributed by atoms with Crippen LogP contribution in [0.25, 0.3) is 0 Å². The van der Waals surface area contributed by atoms with Crippen LogP contribution in [0.4, 0.5) is 5.13 Å². The number of nitrogens with two attached hydrogens (primary N) is 2. The molecule has 0 spiro atoms. The van der Waals surface area contributed by atoms with Gasteiger partial charge in [0.15, 0.2) is 5.13 Å². The molecule has 0 unspecified atom stereocenters. The van der Waals surface area contributed by atoms with E-state index in [2.05, 4.69) is 14.8 Å². The first-order chi connectivity index (χ1) is 9.26. The van der Waals surface area contributed by atoms with Gasteiger partial charge in [-0.3, -0.25) is 5.43 Å². The van der Waals surface area contributed by atoms with E-state index >= 15 is 0 Å². The molecule has 8 nitrogen and oxygen atoms in total. The van der Waals surface area contributed by atoms with Gasteiger partial charge in [-0.1, -0.05) is 0 Å². The van der Waals surface area contributed by atoms with Crippen LogP contribution < -0.4 is 16.3 Å². The van der Waals surface area contributed by atoms with Crippen LogP contribution in [0.1, 0.15) is 12.1 Å². The summed E-state index contributed by atoms with van der Waals surface area (Å²) in [6.45, 7) is 0. The lowest BCUT2D eigenvalue weighted by molar-refractivity contribution is 0.494. The number of nitrogens with zero attached hydrogens (tertiary/aromatic N) is 3. The molecule has 0 fully saturated rings. The standard InChI is InChI=1S/C9H18N6O2S3/c1-15(2)13-9-12-7(6-19-9)5-18-4-3-8(10)14-20(11,16)17/h6H,3-5H2,1-2H3,(H2,10,14)(H,12,13)(H2,11,16,17). The summed E-state index contributed by atoms with van der Waals surface area (Å²) in [5.74, 6) is 1.40. The van der Waals surface area contributed by atoms with Gasteiger partial charge < -0.3 is 5.73 Å². The van der Waals surface area contributed by atoms with Crippen molar-refractivity contribution in [1.82, 2.24) is 9.99 Å². The lowest BCUT2D eigenvalue weighted by Gasteiger charge is -2.09. The first-order valence-corrected chi connectivity index (χ1v) is 9.13. The third-order valence-corrected chi connectivity index (χ3v) is 4.15. The van der Waals surface area contributed by atoms with Gasteiger partial charge >= 0.3 is 10.2 Å². The van der Waals surface area contributed by atoms with Crippen molar-refractivity contribution in [2.24, 2.45) is 15.3 Å². The quantitative estimate of drug-likeness (QED) is 0.268. The van der Waals surface area contributed by atoms with Gasteiger partial charge in [0.25, 0.3) is 0 Å². The van der Waals surface area contributed by atoms with Gasteiger partial charge in [0.1, 0.15) is 5.84 Å². The zero-order chi connectivity index (χ0) is 15.2. The van der Waals surface area contributed by atoms with E-state index in [0.717, 1.165) is 16.6 Å². The number of hydrogen-bond donors (Lipinski definition) is 3. The summed E-state index contributed by atoms with van der Waals surface area (Å²) in [5.41, 5.74) is 9.48. The van der Waals surface area contributed by atoms with E-state index in [-0.39, 0.29) is 5.84 Å². The maximum absolute atomic E-state index is 10.7. The van der Waals surface area contributed by atoms with Crippen molar-refractivity contribution in [3.63, 3.8) is 0 Å². The molecular weight excluding hydrogens is 320 g/mol. The Labute approximate surface area is 126 Å². The molecule has 0 saturated carbocycles. The molecule has 0 aliphatic heterocycles. The van der Waals surface area contributed by atoms with Crippen LogP contribution in [0.2, 0.25) is 0 Å². The van der Waals surface area contributed by atoms with Gasteiger partial charge in [-0.15, -0.1) is 15.7 Å². The lowest BCUT2D eigenvalue weighted by atomic mass is 10.5. The van der Waals surface area contributed by atoms with E-state index in [1.54, 1.807) is 11.8 Å². The highest BCUT2D eigenvalue weighted by Gasteiger charge is 2.04. The van der Waals surface area contributed by atoms with Gasteiger partial charge in [-0.2, -0.15) is 20.2 Å². The van der Waals surface area contributed by atoms with E-state index in [1.165, 1.54) is 11.3 Å². The number of hydrazine groups is 1. The van der Waals surface area contributed by atoms with Crippen LogP contribution in [-0.2, 0) is 16.0 Å². The molecule has 0 amide bonds.